The highest BCUT2D eigenvalue weighted by Gasteiger charge is 2.15. The number of carbonyl (C=O) groups excluding carboxylic acids is 1. The number of phenolic OH excluding ortho intramolecular Hbond substituents is 1. The van der Waals surface area contributed by atoms with Crippen molar-refractivity contribution in [3.8, 4) is 11.8 Å². The molecule has 0 saturated carbocycles. The molecule has 2 aromatic rings. The summed E-state index contributed by atoms with van der Waals surface area (Å²) in [6, 6.07) is 9.62. The van der Waals surface area contributed by atoms with Crippen molar-refractivity contribution in [1.29, 1.82) is 5.26 Å². The lowest BCUT2D eigenvalue weighted by atomic mass is 10.1. The average molecular weight is 378 g/mol. The van der Waals surface area contributed by atoms with Crippen LogP contribution in [0.4, 0.5) is 11.4 Å². The molecule has 9 heteroatoms. The van der Waals surface area contributed by atoms with E-state index in [1.807, 2.05) is 0 Å². The first kappa shape index (κ1) is 18.3. The van der Waals surface area contributed by atoms with E-state index in [0.29, 0.717) is 5.02 Å². The van der Waals surface area contributed by atoms with Gasteiger partial charge in [0.15, 0.2) is 5.75 Å². The molecular formula is C16H9Cl2N3O4. The van der Waals surface area contributed by atoms with Crippen LogP contribution in [0.25, 0.3) is 6.08 Å². The fourth-order valence-electron chi connectivity index (χ4n) is 1.87. The molecule has 25 heavy (non-hydrogen) atoms. The Labute approximate surface area is 151 Å². The Morgan fingerprint density at radius 2 is 2.00 bits per heavy atom. The first-order chi connectivity index (χ1) is 11.8. The number of halogens is 2. The number of amides is 1. The van der Waals surface area contributed by atoms with Crippen molar-refractivity contribution in [2.24, 2.45) is 0 Å². The number of phenols is 1. The molecule has 0 unspecified atom stereocenters. The molecule has 126 valence electrons. The predicted octanol–water partition coefficient (Wildman–Crippen LogP) is 4.15. The van der Waals surface area contributed by atoms with Crippen LogP contribution in [0.3, 0.4) is 0 Å². The van der Waals surface area contributed by atoms with Crippen molar-refractivity contribution in [1.82, 2.24) is 0 Å². The second-order valence-electron chi connectivity index (χ2n) is 4.75. The fraction of sp³-hybridized carbons (Fsp3) is 0. The van der Waals surface area contributed by atoms with Crippen molar-refractivity contribution in [3.05, 3.63) is 67.7 Å². The molecule has 2 N–H and O–H groups in total. The van der Waals surface area contributed by atoms with E-state index in [-0.39, 0.29) is 21.8 Å². The summed E-state index contributed by atoms with van der Waals surface area (Å²) >= 11 is 11.7. The summed E-state index contributed by atoms with van der Waals surface area (Å²) in [5.74, 6) is -1.26. The highest BCUT2D eigenvalue weighted by molar-refractivity contribution is 6.36. The maximum atomic E-state index is 12.2. The second-order valence-corrected chi connectivity index (χ2v) is 5.60. The van der Waals surface area contributed by atoms with Crippen LogP contribution >= 0.6 is 23.2 Å². The van der Waals surface area contributed by atoms with E-state index in [4.69, 9.17) is 28.5 Å². The molecular weight excluding hydrogens is 369 g/mol. The predicted molar refractivity (Wildman–Crippen MR) is 93.4 cm³/mol. The van der Waals surface area contributed by atoms with Crippen LogP contribution in [0.5, 0.6) is 5.75 Å². The number of hydrogen-bond acceptors (Lipinski definition) is 5. The van der Waals surface area contributed by atoms with Gasteiger partial charge in [-0.1, -0.05) is 29.3 Å². The van der Waals surface area contributed by atoms with Gasteiger partial charge in [0, 0.05) is 11.1 Å². The Kier molecular flexibility index (Phi) is 5.60. The summed E-state index contributed by atoms with van der Waals surface area (Å²) in [4.78, 5) is 22.2. The standard InChI is InChI=1S/C16H9Cl2N3O4/c17-11-2-3-13(12(18)7-11)20-16(23)10(8-19)5-9-1-4-15(22)14(6-9)21(24)25/h1-7,22H,(H,20,23)/b10-5-. The van der Waals surface area contributed by atoms with E-state index >= 15 is 0 Å². The molecule has 0 aliphatic rings. The van der Waals surface area contributed by atoms with Gasteiger partial charge in [0.25, 0.3) is 5.91 Å². The first-order valence-electron chi connectivity index (χ1n) is 6.67. The van der Waals surface area contributed by atoms with Gasteiger partial charge in [-0.05, 0) is 35.9 Å². The van der Waals surface area contributed by atoms with E-state index in [9.17, 15) is 20.0 Å². The third-order valence-corrected chi connectivity index (χ3v) is 3.60. The Balaban J connectivity index is 2.31. The number of nitrogens with zero attached hydrogens (tertiary/aromatic N) is 2. The summed E-state index contributed by atoms with van der Waals surface area (Å²) in [6.07, 6.45) is 1.16. The first-order valence-corrected chi connectivity index (χ1v) is 7.43. The zero-order chi connectivity index (χ0) is 18.6. The molecule has 2 rings (SSSR count). The lowest BCUT2D eigenvalue weighted by Gasteiger charge is -2.07. The molecule has 0 aliphatic heterocycles. The zero-order valence-electron chi connectivity index (χ0n) is 12.4. The van der Waals surface area contributed by atoms with Gasteiger partial charge in [0.05, 0.1) is 15.6 Å². The van der Waals surface area contributed by atoms with Crippen LogP contribution in [0.1, 0.15) is 5.56 Å². The molecule has 0 fully saturated rings. The van der Waals surface area contributed by atoms with Crippen molar-refractivity contribution >= 4 is 46.6 Å². The molecule has 0 heterocycles. The van der Waals surface area contributed by atoms with Gasteiger partial charge in [-0.3, -0.25) is 14.9 Å². The minimum absolute atomic E-state index is 0.193. The highest BCUT2D eigenvalue weighted by Crippen LogP contribution is 2.28. The molecule has 0 radical (unpaired) electrons. The van der Waals surface area contributed by atoms with E-state index < -0.39 is 22.3 Å². The zero-order valence-corrected chi connectivity index (χ0v) is 13.9. The number of benzene rings is 2. The van der Waals surface area contributed by atoms with Crippen LogP contribution in [0.2, 0.25) is 10.0 Å². The molecule has 0 spiro atoms. The molecule has 7 nitrogen and oxygen atoms in total. The molecule has 0 atom stereocenters. The van der Waals surface area contributed by atoms with E-state index in [1.54, 1.807) is 6.07 Å². The lowest BCUT2D eigenvalue weighted by molar-refractivity contribution is -0.385. The highest BCUT2D eigenvalue weighted by atomic mass is 35.5. The van der Waals surface area contributed by atoms with Crippen molar-refractivity contribution in [2.75, 3.05) is 5.32 Å². The van der Waals surface area contributed by atoms with Crippen LogP contribution < -0.4 is 5.32 Å². The summed E-state index contributed by atoms with van der Waals surface area (Å²) < 4.78 is 0. The lowest BCUT2D eigenvalue weighted by Crippen LogP contribution is -2.13. The fourth-order valence-corrected chi connectivity index (χ4v) is 2.33. The normalized spacial score (nSPS) is 10.8. The van der Waals surface area contributed by atoms with E-state index in [0.717, 1.165) is 18.2 Å². The van der Waals surface area contributed by atoms with Gasteiger partial charge in [-0.15, -0.1) is 0 Å². The Bertz CT molecular complexity index is 935. The number of hydrogen-bond donors (Lipinski definition) is 2. The van der Waals surface area contributed by atoms with Gasteiger partial charge >= 0.3 is 5.69 Å². The van der Waals surface area contributed by atoms with Gasteiger partial charge in [-0.25, -0.2) is 0 Å². The number of nitro groups is 1. The van der Waals surface area contributed by atoms with E-state index in [1.165, 1.54) is 24.3 Å². The quantitative estimate of drug-likeness (QED) is 0.359. The molecule has 0 aromatic heterocycles. The van der Waals surface area contributed by atoms with Crippen LogP contribution in [-0.4, -0.2) is 15.9 Å². The minimum Gasteiger partial charge on any atom is -0.502 e. The molecule has 1 amide bonds. The number of carbonyl (C=O) groups is 1. The summed E-state index contributed by atoms with van der Waals surface area (Å²) in [5, 5.41) is 32.4. The van der Waals surface area contributed by atoms with Crippen LogP contribution in [-0.2, 0) is 4.79 Å². The van der Waals surface area contributed by atoms with Crippen LogP contribution in [0.15, 0.2) is 42.0 Å². The summed E-state index contributed by atoms with van der Waals surface area (Å²) in [5.41, 5.74) is -0.370. The SMILES string of the molecule is N#C/C(=C/c1ccc(O)c([N+](=O)[O-])c1)C(=O)Nc1ccc(Cl)cc1Cl. The maximum Gasteiger partial charge on any atom is 0.311 e. The molecule has 0 aliphatic carbocycles. The van der Waals surface area contributed by atoms with Crippen molar-refractivity contribution in [3.63, 3.8) is 0 Å². The minimum atomic E-state index is -0.772. The Morgan fingerprint density at radius 1 is 1.28 bits per heavy atom. The van der Waals surface area contributed by atoms with Crippen LogP contribution in [0, 0.1) is 21.4 Å². The third kappa shape index (κ3) is 4.47. The Hall–Kier alpha value is -3.08. The largest absolute Gasteiger partial charge is 0.502 e. The topological polar surface area (TPSA) is 116 Å². The Morgan fingerprint density at radius 3 is 2.60 bits per heavy atom. The average Bonchev–Trinajstić information content (AvgIpc) is 2.56. The number of nitro benzene ring substituents is 1. The number of nitrogens with one attached hydrogen (secondary N) is 1. The molecule has 2 aromatic carbocycles. The monoisotopic (exact) mass is 377 g/mol. The van der Waals surface area contributed by atoms with Gasteiger partial charge in [0.1, 0.15) is 11.6 Å². The summed E-state index contributed by atoms with van der Waals surface area (Å²) in [6.45, 7) is 0. The van der Waals surface area contributed by atoms with Crippen molar-refractivity contribution in [2.45, 2.75) is 0 Å². The number of aromatic hydroxyl groups is 1. The van der Waals surface area contributed by atoms with Gasteiger partial charge in [0.2, 0.25) is 0 Å². The molecule has 0 saturated heterocycles. The maximum absolute atomic E-state index is 12.2. The number of anilines is 1. The number of rotatable bonds is 4. The smallest absolute Gasteiger partial charge is 0.311 e. The molecule has 0 bridgehead atoms. The van der Waals surface area contributed by atoms with Gasteiger partial charge in [-0.2, -0.15) is 5.26 Å². The third-order valence-electron chi connectivity index (χ3n) is 3.05. The second kappa shape index (κ2) is 7.66. The number of nitriles is 1. The van der Waals surface area contributed by atoms with E-state index in [2.05, 4.69) is 5.32 Å². The van der Waals surface area contributed by atoms with Crippen molar-refractivity contribution < 1.29 is 14.8 Å². The summed E-state index contributed by atoms with van der Waals surface area (Å²) in [7, 11) is 0. The van der Waals surface area contributed by atoms with Gasteiger partial charge < -0.3 is 10.4 Å².